The van der Waals surface area contributed by atoms with E-state index in [2.05, 4.69) is 32.7 Å². The molecule has 9 heteroatoms. The third-order valence-corrected chi connectivity index (χ3v) is 6.24. The van der Waals surface area contributed by atoms with E-state index in [1.54, 1.807) is 12.1 Å². The van der Waals surface area contributed by atoms with E-state index in [1.165, 1.54) is 0 Å². The van der Waals surface area contributed by atoms with Gasteiger partial charge in [-0.3, -0.25) is 0 Å². The lowest BCUT2D eigenvalue weighted by atomic mass is 10.0. The summed E-state index contributed by atoms with van der Waals surface area (Å²) < 4.78 is 0. The smallest absolute Gasteiger partial charge is 0.320 e. The first-order chi connectivity index (χ1) is 14.6. The first-order valence-corrected chi connectivity index (χ1v) is 10.5. The maximum Gasteiger partial charge on any atom is 0.320 e. The van der Waals surface area contributed by atoms with Crippen LogP contribution >= 0.6 is 0 Å². The second-order valence-electron chi connectivity index (χ2n) is 8.19. The van der Waals surface area contributed by atoms with Gasteiger partial charge >= 0.3 is 6.03 Å². The Balaban J connectivity index is 1.40. The molecule has 2 fully saturated rings. The number of hydrogen-bond acceptors (Lipinski definition) is 7. The van der Waals surface area contributed by atoms with Gasteiger partial charge in [-0.05, 0) is 25.1 Å². The predicted molar refractivity (Wildman–Crippen MR) is 115 cm³/mol. The van der Waals surface area contributed by atoms with Crippen LogP contribution < -0.4 is 15.5 Å². The van der Waals surface area contributed by atoms with Crippen LogP contribution in [0.2, 0.25) is 0 Å². The minimum Gasteiger partial charge on any atom is -0.507 e. The number of urea groups is 1. The zero-order chi connectivity index (χ0) is 20.7. The molecule has 4 heterocycles. The SMILES string of the molecule is C[C@H]1CN2c3cc(-c4ccccc4O)nnc3NC[C@H]2CN1C(=O)N1CCNCC1. The van der Waals surface area contributed by atoms with Crippen molar-refractivity contribution >= 4 is 17.5 Å². The molecule has 0 aliphatic carbocycles. The molecule has 0 radical (unpaired) electrons. The van der Waals surface area contributed by atoms with E-state index < -0.39 is 0 Å². The number of aromatic nitrogens is 2. The summed E-state index contributed by atoms with van der Waals surface area (Å²) in [5, 5.41) is 25.6. The van der Waals surface area contributed by atoms with Crippen molar-refractivity contribution in [1.29, 1.82) is 0 Å². The van der Waals surface area contributed by atoms with E-state index in [4.69, 9.17) is 0 Å². The van der Waals surface area contributed by atoms with E-state index >= 15 is 0 Å². The van der Waals surface area contributed by atoms with Gasteiger partial charge in [-0.2, -0.15) is 0 Å². The van der Waals surface area contributed by atoms with Gasteiger partial charge in [0, 0.05) is 57.4 Å². The molecule has 158 valence electrons. The van der Waals surface area contributed by atoms with Gasteiger partial charge in [-0.1, -0.05) is 12.1 Å². The molecular formula is C21H27N7O2. The normalized spacial score (nSPS) is 23.4. The van der Waals surface area contributed by atoms with Crippen molar-refractivity contribution in [2.75, 3.05) is 56.0 Å². The molecule has 2 amide bonds. The number of nitrogens with zero attached hydrogens (tertiary/aromatic N) is 5. The molecule has 3 aliphatic heterocycles. The molecule has 2 atom stereocenters. The van der Waals surface area contributed by atoms with Crippen LogP contribution in [0.25, 0.3) is 11.3 Å². The van der Waals surface area contributed by atoms with Crippen molar-refractivity contribution in [2.24, 2.45) is 0 Å². The summed E-state index contributed by atoms with van der Waals surface area (Å²) in [5.74, 6) is 0.936. The fourth-order valence-corrected chi connectivity index (χ4v) is 4.58. The van der Waals surface area contributed by atoms with Crippen LogP contribution in [0.15, 0.2) is 30.3 Å². The van der Waals surface area contributed by atoms with Gasteiger partial charge in [-0.25, -0.2) is 4.79 Å². The summed E-state index contributed by atoms with van der Waals surface area (Å²) in [6.45, 7) is 7.46. The first-order valence-electron chi connectivity index (χ1n) is 10.5. The van der Waals surface area contributed by atoms with E-state index in [1.807, 2.05) is 28.0 Å². The zero-order valence-corrected chi connectivity index (χ0v) is 17.1. The highest BCUT2D eigenvalue weighted by molar-refractivity contribution is 5.78. The lowest BCUT2D eigenvalue weighted by molar-refractivity contribution is 0.117. The number of aromatic hydroxyl groups is 1. The summed E-state index contributed by atoms with van der Waals surface area (Å²) in [4.78, 5) is 19.4. The lowest BCUT2D eigenvalue weighted by Crippen LogP contribution is -2.65. The van der Waals surface area contributed by atoms with Crippen LogP contribution in [0.4, 0.5) is 16.3 Å². The Morgan fingerprint density at radius 1 is 1.17 bits per heavy atom. The number of fused-ring (bicyclic) bond motifs is 3. The largest absolute Gasteiger partial charge is 0.507 e. The minimum atomic E-state index is 0.0938. The Hall–Kier alpha value is -3.07. The molecule has 0 unspecified atom stereocenters. The minimum absolute atomic E-state index is 0.0938. The van der Waals surface area contributed by atoms with Crippen LogP contribution in [0.1, 0.15) is 6.92 Å². The molecule has 9 nitrogen and oxygen atoms in total. The number of carbonyl (C=O) groups is 1. The molecule has 2 saturated heterocycles. The summed E-state index contributed by atoms with van der Waals surface area (Å²) in [5.41, 5.74) is 2.28. The third kappa shape index (κ3) is 3.28. The Bertz CT molecular complexity index is 947. The van der Waals surface area contributed by atoms with Crippen molar-refractivity contribution < 1.29 is 9.90 Å². The molecule has 0 bridgehead atoms. The molecular weight excluding hydrogens is 382 g/mol. The second kappa shape index (κ2) is 7.64. The quantitative estimate of drug-likeness (QED) is 0.651. The van der Waals surface area contributed by atoms with Gasteiger partial charge in [0.1, 0.15) is 5.75 Å². The summed E-state index contributed by atoms with van der Waals surface area (Å²) in [6, 6.07) is 9.54. The monoisotopic (exact) mass is 409 g/mol. The molecule has 2 aromatic rings. The number of rotatable bonds is 1. The highest BCUT2D eigenvalue weighted by Gasteiger charge is 2.39. The fraction of sp³-hybridized carbons (Fsp3) is 0.476. The second-order valence-corrected chi connectivity index (χ2v) is 8.19. The van der Waals surface area contributed by atoms with E-state index in [0.29, 0.717) is 17.8 Å². The van der Waals surface area contributed by atoms with E-state index in [0.717, 1.165) is 50.8 Å². The Morgan fingerprint density at radius 3 is 2.77 bits per heavy atom. The van der Waals surface area contributed by atoms with Gasteiger partial charge < -0.3 is 30.4 Å². The molecule has 5 rings (SSSR count). The van der Waals surface area contributed by atoms with Crippen LogP contribution in [0.5, 0.6) is 5.75 Å². The highest BCUT2D eigenvalue weighted by atomic mass is 16.3. The number of amides is 2. The molecule has 30 heavy (non-hydrogen) atoms. The van der Waals surface area contributed by atoms with Crippen molar-refractivity contribution in [3.05, 3.63) is 30.3 Å². The Labute approximate surface area is 175 Å². The van der Waals surface area contributed by atoms with Crippen LogP contribution in [-0.2, 0) is 0 Å². The van der Waals surface area contributed by atoms with Crippen LogP contribution in [0, 0.1) is 0 Å². The highest BCUT2D eigenvalue weighted by Crippen LogP contribution is 2.36. The number of nitrogens with one attached hydrogen (secondary N) is 2. The van der Waals surface area contributed by atoms with Gasteiger partial charge in [0.15, 0.2) is 5.82 Å². The summed E-state index contributed by atoms with van der Waals surface area (Å²) in [7, 11) is 0. The van der Waals surface area contributed by atoms with Crippen molar-refractivity contribution in [1.82, 2.24) is 25.3 Å². The van der Waals surface area contributed by atoms with Crippen LogP contribution in [-0.4, -0.2) is 89.0 Å². The number of carbonyl (C=O) groups excluding carboxylic acids is 1. The zero-order valence-electron chi connectivity index (χ0n) is 17.1. The summed E-state index contributed by atoms with van der Waals surface area (Å²) in [6.07, 6.45) is 0. The number of hydrogen-bond donors (Lipinski definition) is 3. The number of anilines is 2. The Morgan fingerprint density at radius 2 is 1.97 bits per heavy atom. The Kier molecular flexibility index (Phi) is 4.82. The standard InChI is InChI=1S/C21H27N7O2/c1-14-12-28-15(13-27(14)21(30)26-8-6-22-7-9-26)11-23-20-18(28)10-17(24-25-20)16-4-2-3-5-19(16)29/h2-5,10,14-15,22,29H,6-9,11-13H2,1H3,(H,23,25)/t14-,15-/m0/s1. The molecule has 0 saturated carbocycles. The number of para-hydroxylation sites is 1. The van der Waals surface area contributed by atoms with Gasteiger partial charge in [0.25, 0.3) is 0 Å². The van der Waals surface area contributed by atoms with E-state index in [-0.39, 0.29) is 23.9 Å². The molecule has 1 aromatic carbocycles. The van der Waals surface area contributed by atoms with Gasteiger partial charge in [0.05, 0.1) is 17.4 Å². The number of phenolic OH excluding ortho intramolecular Hbond substituents is 1. The van der Waals surface area contributed by atoms with Gasteiger partial charge in [-0.15, -0.1) is 10.2 Å². The predicted octanol–water partition coefficient (Wildman–Crippen LogP) is 1.18. The maximum atomic E-state index is 13.1. The van der Waals surface area contributed by atoms with Crippen molar-refractivity contribution in [2.45, 2.75) is 19.0 Å². The maximum absolute atomic E-state index is 13.1. The molecule has 3 aliphatic rings. The molecule has 1 aromatic heterocycles. The number of piperazine rings is 2. The molecule has 0 spiro atoms. The average molecular weight is 409 g/mol. The van der Waals surface area contributed by atoms with Gasteiger partial charge in [0.2, 0.25) is 0 Å². The lowest BCUT2D eigenvalue weighted by Gasteiger charge is -2.49. The number of benzene rings is 1. The topological polar surface area (TPSA) is 96.9 Å². The van der Waals surface area contributed by atoms with Crippen molar-refractivity contribution in [3.63, 3.8) is 0 Å². The van der Waals surface area contributed by atoms with Crippen LogP contribution in [0.3, 0.4) is 0 Å². The summed E-state index contributed by atoms with van der Waals surface area (Å²) >= 11 is 0. The van der Waals surface area contributed by atoms with E-state index in [9.17, 15) is 9.90 Å². The average Bonchev–Trinajstić information content (AvgIpc) is 2.79. The van der Waals surface area contributed by atoms with Crippen molar-refractivity contribution in [3.8, 4) is 17.0 Å². The number of phenols is 1. The third-order valence-electron chi connectivity index (χ3n) is 6.24. The fourth-order valence-electron chi connectivity index (χ4n) is 4.58. The first kappa shape index (κ1) is 18.9. The molecule has 3 N–H and O–H groups in total.